The fourth-order valence-corrected chi connectivity index (χ4v) is 13.4. The number of hydrogen-bond acceptors (Lipinski definition) is 2. The van der Waals surface area contributed by atoms with E-state index >= 15 is 0 Å². The maximum absolute atomic E-state index is 7.44. The van der Waals surface area contributed by atoms with Crippen molar-refractivity contribution in [2.75, 3.05) is 4.81 Å². The van der Waals surface area contributed by atoms with Crippen molar-refractivity contribution in [3.05, 3.63) is 220 Å². The Labute approximate surface area is 448 Å². The van der Waals surface area contributed by atoms with E-state index in [2.05, 4.69) is 268 Å². The monoisotopic (exact) mass is 985 g/mol. The van der Waals surface area contributed by atoms with Crippen molar-refractivity contribution in [1.82, 2.24) is 4.57 Å². The Morgan fingerprint density at radius 3 is 1.92 bits per heavy atom. The Hall–Kier alpha value is -7.82. The van der Waals surface area contributed by atoms with Crippen molar-refractivity contribution in [2.24, 2.45) is 0 Å². The maximum Gasteiger partial charge on any atom is 0.333 e. The SMILES string of the molecule is CC(C)(C)c1ccc(N2B3c4cc(C(C)(C)C)ccc4-n4c5ccc(C(C)(C)C)cc5c5c6c(oc7ccccc76)c(c3c54)-c3cc4c(cc32)-c2ccc(C/C(=C/c3ccccc3)c3ccccc3)cc2C4(C)C)cc1. The van der Waals surface area contributed by atoms with Crippen LogP contribution in [0.4, 0.5) is 11.4 Å². The second-order valence-corrected chi connectivity index (χ2v) is 25.8. The molecule has 11 aromatic rings. The molecule has 0 spiro atoms. The van der Waals surface area contributed by atoms with Crippen molar-refractivity contribution in [3.8, 4) is 27.9 Å². The number of anilines is 2. The van der Waals surface area contributed by atoms with Gasteiger partial charge in [-0.2, -0.15) is 0 Å². The first-order chi connectivity index (χ1) is 36.3. The lowest BCUT2D eigenvalue weighted by Crippen LogP contribution is -2.60. The molecule has 2 aliphatic heterocycles. The molecule has 0 amide bonds. The van der Waals surface area contributed by atoms with E-state index in [0.29, 0.717) is 0 Å². The number of aromatic nitrogens is 1. The molecular formula is C72H65BN2O. The highest BCUT2D eigenvalue weighted by Gasteiger charge is 2.48. The molecule has 4 heteroatoms. The van der Waals surface area contributed by atoms with E-state index in [0.717, 1.165) is 23.0 Å². The summed E-state index contributed by atoms with van der Waals surface area (Å²) in [6.07, 6.45) is 3.19. The van der Waals surface area contributed by atoms with E-state index < -0.39 is 0 Å². The minimum absolute atomic E-state index is 0.00403. The molecule has 4 heterocycles. The van der Waals surface area contributed by atoms with Crippen molar-refractivity contribution in [2.45, 2.75) is 104 Å². The smallest absolute Gasteiger partial charge is 0.333 e. The number of rotatable bonds is 5. The van der Waals surface area contributed by atoms with Crippen LogP contribution in [0.25, 0.3) is 83.3 Å². The highest BCUT2D eigenvalue weighted by atomic mass is 16.3. The standard InChI is InChI=1S/C72H65BN2O/c1-69(2,3)47-27-31-50(32-28-47)75-61-42-53-51-33-26-44(37-46(45-22-16-13-17-23-45)36-43-20-14-12-15-21-43)38-56(51)72(10,11)57(53)41-55(61)65-66-67-63(64-52-24-18-19-25-62(52)76-68(64)65)54-39-48(70(4,5)6)29-34-59(54)74(67)60-35-30-49(71(7,8)9)40-58(60)73(66)75/h12-36,38-42H,37H2,1-11H3/b46-36-. The first-order valence-corrected chi connectivity index (χ1v) is 27.5. The zero-order chi connectivity index (χ0) is 52.4. The van der Waals surface area contributed by atoms with Gasteiger partial charge >= 0.3 is 6.85 Å². The van der Waals surface area contributed by atoms with E-state index in [9.17, 15) is 0 Å². The number of para-hydroxylation sites is 1. The van der Waals surface area contributed by atoms with Crippen LogP contribution in [0.3, 0.4) is 0 Å². The summed E-state index contributed by atoms with van der Waals surface area (Å²) in [4.78, 5) is 2.71. The lowest BCUT2D eigenvalue weighted by Gasteiger charge is -2.43. The molecule has 1 aliphatic carbocycles. The minimum Gasteiger partial charge on any atom is -0.455 e. The number of furan rings is 1. The zero-order valence-corrected chi connectivity index (χ0v) is 45.9. The molecule has 0 unspecified atom stereocenters. The third kappa shape index (κ3) is 6.88. The first kappa shape index (κ1) is 46.7. The predicted octanol–water partition coefficient (Wildman–Crippen LogP) is 17.9. The van der Waals surface area contributed by atoms with Gasteiger partial charge in [0.25, 0.3) is 0 Å². The Morgan fingerprint density at radius 1 is 0.553 bits per heavy atom. The molecule has 9 aromatic carbocycles. The van der Waals surface area contributed by atoms with Gasteiger partial charge in [0.15, 0.2) is 0 Å². The van der Waals surface area contributed by atoms with Crippen LogP contribution < -0.4 is 15.7 Å². The minimum atomic E-state index is -0.289. The van der Waals surface area contributed by atoms with E-state index in [1.165, 1.54) is 128 Å². The number of nitrogens with zero attached hydrogens (tertiary/aromatic N) is 2. The van der Waals surface area contributed by atoms with Crippen LogP contribution in [0.5, 0.6) is 0 Å². The molecule has 76 heavy (non-hydrogen) atoms. The summed E-state index contributed by atoms with van der Waals surface area (Å²) in [6, 6.07) is 67.0. The molecule has 2 aromatic heterocycles. The Kier molecular flexibility index (Phi) is 9.89. The van der Waals surface area contributed by atoms with Gasteiger partial charge in [-0.15, -0.1) is 0 Å². The molecule has 372 valence electrons. The number of hydrogen-bond donors (Lipinski definition) is 0. The van der Waals surface area contributed by atoms with Crippen LogP contribution >= 0.6 is 0 Å². The second kappa shape index (κ2) is 16.1. The Morgan fingerprint density at radius 2 is 1.20 bits per heavy atom. The topological polar surface area (TPSA) is 21.3 Å². The fraction of sp³-hybridized carbons (Fsp3) is 0.222. The fourth-order valence-electron chi connectivity index (χ4n) is 13.4. The van der Waals surface area contributed by atoms with Crippen molar-refractivity contribution in [1.29, 1.82) is 0 Å². The first-order valence-electron chi connectivity index (χ1n) is 27.5. The Balaban J connectivity index is 1.08. The van der Waals surface area contributed by atoms with Crippen LogP contribution in [0.1, 0.15) is 121 Å². The van der Waals surface area contributed by atoms with Gasteiger partial charge in [0.05, 0.1) is 11.0 Å². The molecule has 0 saturated heterocycles. The number of allylic oxidation sites excluding steroid dienone is 1. The van der Waals surface area contributed by atoms with Gasteiger partial charge in [-0.1, -0.05) is 210 Å². The average molecular weight is 985 g/mol. The lowest BCUT2D eigenvalue weighted by atomic mass is 9.43. The molecule has 14 rings (SSSR count). The van der Waals surface area contributed by atoms with Gasteiger partial charge < -0.3 is 13.8 Å². The van der Waals surface area contributed by atoms with E-state index in [-0.39, 0.29) is 28.5 Å². The largest absolute Gasteiger partial charge is 0.455 e. The molecule has 3 aliphatic rings. The summed E-state index contributed by atoms with van der Waals surface area (Å²) in [5.74, 6) is 0. The second-order valence-electron chi connectivity index (χ2n) is 25.8. The highest BCUT2D eigenvalue weighted by molar-refractivity contribution is 6.94. The third-order valence-electron chi connectivity index (χ3n) is 17.5. The predicted molar refractivity (Wildman–Crippen MR) is 325 cm³/mol. The molecule has 0 saturated carbocycles. The number of benzene rings is 9. The summed E-state index contributed by atoms with van der Waals surface area (Å²) >= 11 is 0. The molecule has 0 atom stereocenters. The normalized spacial score (nSPS) is 14.7. The van der Waals surface area contributed by atoms with Crippen LogP contribution in [-0.2, 0) is 28.1 Å². The van der Waals surface area contributed by atoms with Gasteiger partial charge in [0.1, 0.15) is 11.2 Å². The molecule has 3 nitrogen and oxygen atoms in total. The number of fused-ring (bicyclic) bond motifs is 16. The Bertz CT molecular complexity index is 4260. The molecule has 0 fully saturated rings. The maximum atomic E-state index is 7.44. The summed E-state index contributed by atoms with van der Waals surface area (Å²) in [6.45, 7) is 25.7. The summed E-state index contributed by atoms with van der Waals surface area (Å²) in [7, 11) is 0. The average Bonchev–Trinajstić information content (AvgIpc) is 3.79. The van der Waals surface area contributed by atoms with Crippen LogP contribution in [-0.4, -0.2) is 11.4 Å². The van der Waals surface area contributed by atoms with Gasteiger partial charge in [-0.05, 0) is 143 Å². The van der Waals surface area contributed by atoms with Gasteiger partial charge in [0, 0.05) is 55.1 Å². The van der Waals surface area contributed by atoms with Gasteiger partial charge in [0.2, 0.25) is 0 Å². The van der Waals surface area contributed by atoms with Crippen LogP contribution in [0, 0.1) is 0 Å². The summed E-state index contributed by atoms with van der Waals surface area (Å²) in [5.41, 5.74) is 27.1. The van der Waals surface area contributed by atoms with Crippen molar-refractivity contribution < 1.29 is 4.42 Å². The quantitative estimate of drug-likeness (QED) is 0.127. The van der Waals surface area contributed by atoms with Crippen LogP contribution in [0.15, 0.2) is 180 Å². The summed E-state index contributed by atoms with van der Waals surface area (Å²) in [5, 5.41) is 4.91. The zero-order valence-electron chi connectivity index (χ0n) is 45.9. The highest BCUT2D eigenvalue weighted by Crippen LogP contribution is 2.57. The molecule has 0 N–H and O–H groups in total. The summed E-state index contributed by atoms with van der Waals surface area (Å²) < 4.78 is 10.1. The molecule has 0 radical (unpaired) electrons. The third-order valence-corrected chi connectivity index (χ3v) is 17.5. The van der Waals surface area contributed by atoms with Gasteiger partial charge in [-0.25, -0.2) is 0 Å². The van der Waals surface area contributed by atoms with E-state index in [1.54, 1.807) is 0 Å². The lowest BCUT2D eigenvalue weighted by molar-refractivity contribution is 0.590. The van der Waals surface area contributed by atoms with Crippen molar-refractivity contribution in [3.63, 3.8) is 0 Å². The van der Waals surface area contributed by atoms with E-state index in [1.807, 2.05) is 0 Å². The van der Waals surface area contributed by atoms with E-state index in [4.69, 9.17) is 4.42 Å². The molecule has 0 bridgehead atoms. The van der Waals surface area contributed by atoms with Crippen LogP contribution in [0.2, 0.25) is 0 Å². The van der Waals surface area contributed by atoms with Crippen molar-refractivity contribution >= 4 is 84.5 Å². The molecular weight excluding hydrogens is 920 g/mol. The van der Waals surface area contributed by atoms with Gasteiger partial charge in [-0.3, -0.25) is 0 Å².